The fourth-order valence-corrected chi connectivity index (χ4v) is 2.81. The van der Waals surface area contributed by atoms with Crippen LogP contribution in [-0.4, -0.2) is 56.0 Å². The lowest BCUT2D eigenvalue weighted by Gasteiger charge is -2.23. The number of nitrogens with zero attached hydrogens (tertiary/aromatic N) is 5. The highest BCUT2D eigenvalue weighted by Gasteiger charge is 2.37. The fraction of sp³-hybridized carbons (Fsp3) is 0.500. The van der Waals surface area contributed by atoms with Gasteiger partial charge < -0.3 is 15.3 Å². The highest BCUT2D eigenvalue weighted by Crippen LogP contribution is 2.23. The number of amides is 1. The highest BCUT2D eigenvalue weighted by atomic mass is 16.3. The summed E-state index contributed by atoms with van der Waals surface area (Å²) in [6.07, 6.45) is 8.68. The van der Waals surface area contributed by atoms with Crippen LogP contribution in [0, 0.1) is 0 Å². The fourth-order valence-electron chi connectivity index (χ4n) is 2.81. The number of carbonyl (C=O) groups excluding carboxylic acids is 1. The number of aliphatic hydroxyl groups is 1. The minimum atomic E-state index is -0.934. The lowest BCUT2D eigenvalue weighted by atomic mass is 10.0. The molecule has 24 heavy (non-hydrogen) atoms. The van der Waals surface area contributed by atoms with Gasteiger partial charge in [-0.1, -0.05) is 0 Å². The lowest BCUT2D eigenvalue weighted by Crippen LogP contribution is -2.45. The van der Waals surface area contributed by atoms with Crippen molar-refractivity contribution in [2.24, 2.45) is 0 Å². The van der Waals surface area contributed by atoms with E-state index in [9.17, 15) is 9.90 Å². The van der Waals surface area contributed by atoms with Gasteiger partial charge in [-0.15, -0.1) is 0 Å². The number of aromatic nitrogens is 4. The Morgan fingerprint density at radius 1 is 1.29 bits per heavy atom. The minimum absolute atomic E-state index is 0.0509. The standard InChI is InChI=1S/C16H22N6O2/c23-14(4-1-9-22-10-3-8-20-22)19-12-16(24)5-11-21(13-16)15-17-6-2-7-18-15/h2-3,6-8,10,24H,1,4-5,9,11-13H2,(H,19,23)/t16-/m1/s1. The molecule has 1 aliphatic rings. The van der Waals surface area contributed by atoms with E-state index < -0.39 is 5.60 Å². The monoisotopic (exact) mass is 330 g/mol. The lowest BCUT2D eigenvalue weighted by molar-refractivity contribution is -0.122. The Labute approximate surface area is 140 Å². The van der Waals surface area contributed by atoms with Crippen LogP contribution in [0.5, 0.6) is 0 Å². The van der Waals surface area contributed by atoms with Gasteiger partial charge in [0, 0.05) is 50.8 Å². The zero-order valence-corrected chi connectivity index (χ0v) is 13.5. The van der Waals surface area contributed by atoms with Crippen molar-refractivity contribution in [2.75, 3.05) is 24.5 Å². The van der Waals surface area contributed by atoms with Gasteiger partial charge in [0.25, 0.3) is 0 Å². The molecule has 1 atom stereocenters. The van der Waals surface area contributed by atoms with Gasteiger partial charge in [0.1, 0.15) is 5.60 Å². The Balaban J connectivity index is 1.40. The summed E-state index contributed by atoms with van der Waals surface area (Å²) in [6.45, 7) is 2.06. The molecule has 0 unspecified atom stereocenters. The molecule has 0 saturated carbocycles. The van der Waals surface area contributed by atoms with Crippen LogP contribution < -0.4 is 10.2 Å². The van der Waals surface area contributed by atoms with Crippen LogP contribution in [0.15, 0.2) is 36.9 Å². The molecular formula is C16H22N6O2. The molecule has 1 saturated heterocycles. The Bertz CT molecular complexity index is 648. The maximum atomic E-state index is 11.9. The molecule has 0 spiro atoms. The largest absolute Gasteiger partial charge is 0.386 e. The average Bonchev–Trinajstić information content (AvgIpc) is 3.24. The van der Waals surface area contributed by atoms with Crippen molar-refractivity contribution in [3.63, 3.8) is 0 Å². The summed E-state index contributed by atoms with van der Waals surface area (Å²) >= 11 is 0. The number of nitrogens with one attached hydrogen (secondary N) is 1. The van der Waals surface area contributed by atoms with Crippen molar-refractivity contribution in [1.82, 2.24) is 25.1 Å². The normalized spacial score (nSPS) is 20.3. The average molecular weight is 330 g/mol. The quantitative estimate of drug-likeness (QED) is 0.753. The second-order valence-corrected chi connectivity index (χ2v) is 6.09. The molecule has 3 rings (SSSR count). The maximum Gasteiger partial charge on any atom is 0.225 e. The molecule has 8 nitrogen and oxygen atoms in total. The van der Waals surface area contributed by atoms with E-state index in [0.717, 1.165) is 6.42 Å². The van der Waals surface area contributed by atoms with Crippen molar-refractivity contribution in [2.45, 2.75) is 31.4 Å². The molecule has 1 fully saturated rings. The topological polar surface area (TPSA) is 96.2 Å². The first kappa shape index (κ1) is 16.4. The van der Waals surface area contributed by atoms with E-state index >= 15 is 0 Å². The van der Waals surface area contributed by atoms with Gasteiger partial charge in [0.05, 0.1) is 6.54 Å². The Kier molecular flexibility index (Phi) is 5.05. The van der Waals surface area contributed by atoms with Crippen LogP contribution in [0.4, 0.5) is 5.95 Å². The molecule has 0 aromatic carbocycles. The molecule has 2 aromatic rings. The molecule has 2 N–H and O–H groups in total. The number of anilines is 1. The van der Waals surface area contributed by atoms with Gasteiger partial charge >= 0.3 is 0 Å². The highest BCUT2D eigenvalue weighted by molar-refractivity contribution is 5.75. The van der Waals surface area contributed by atoms with Gasteiger partial charge in [-0.3, -0.25) is 9.48 Å². The molecule has 0 aliphatic carbocycles. The van der Waals surface area contributed by atoms with Crippen molar-refractivity contribution in [3.8, 4) is 0 Å². The molecule has 0 radical (unpaired) electrons. The second kappa shape index (κ2) is 7.39. The minimum Gasteiger partial charge on any atom is -0.386 e. The number of carbonyl (C=O) groups is 1. The summed E-state index contributed by atoms with van der Waals surface area (Å²) in [5, 5.41) is 17.6. The smallest absolute Gasteiger partial charge is 0.225 e. The van der Waals surface area contributed by atoms with Crippen LogP contribution in [0.2, 0.25) is 0 Å². The Morgan fingerprint density at radius 3 is 2.88 bits per heavy atom. The summed E-state index contributed by atoms with van der Waals surface area (Å²) in [5.74, 6) is 0.559. The van der Waals surface area contributed by atoms with Crippen molar-refractivity contribution >= 4 is 11.9 Å². The second-order valence-electron chi connectivity index (χ2n) is 6.09. The van der Waals surface area contributed by atoms with Gasteiger partial charge in [0.2, 0.25) is 11.9 Å². The molecule has 8 heteroatoms. The molecule has 128 valence electrons. The van der Waals surface area contributed by atoms with Crippen molar-refractivity contribution in [1.29, 1.82) is 0 Å². The summed E-state index contributed by atoms with van der Waals surface area (Å²) < 4.78 is 1.80. The van der Waals surface area contributed by atoms with Crippen molar-refractivity contribution < 1.29 is 9.90 Å². The van der Waals surface area contributed by atoms with E-state index in [1.165, 1.54) is 0 Å². The first-order valence-electron chi connectivity index (χ1n) is 8.13. The van der Waals surface area contributed by atoms with Crippen molar-refractivity contribution in [3.05, 3.63) is 36.9 Å². The van der Waals surface area contributed by atoms with Gasteiger partial charge in [-0.25, -0.2) is 9.97 Å². The predicted octanol–water partition coefficient (Wildman–Crippen LogP) is 0.211. The Hall–Kier alpha value is -2.48. The van der Waals surface area contributed by atoms with Crippen LogP contribution in [0.3, 0.4) is 0 Å². The van der Waals surface area contributed by atoms with Gasteiger partial charge in [0.15, 0.2) is 0 Å². The number of β-amino-alcohol motifs (C(OH)–C–C–N with tert-alkyl or cyclic N) is 1. The first-order valence-corrected chi connectivity index (χ1v) is 8.13. The number of rotatable bonds is 7. The molecule has 3 heterocycles. The first-order chi connectivity index (χ1) is 11.6. The van der Waals surface area contributed by atoms with Gasteiger partial charge in [-0.05, 0) is 25.0 Å². The molecule has 1 aliphatic heterocycles. The van der Waals surface area contributed by atoms with E-state index in [1.807, 2.05) is 17.2 Å². The predicted molar refractivity (Wildman–Crippen MR) is 88.3 cm³/mol. The third-order valence-electron chi connectivity index (χ3n) is 4.13. The van der Waals surface area contributed by atoms with Crippen LogP contribution in [-0.2, 0) is 11.3 Å². The van der Waals surface area contributed by atoms with Crippen LogP contribution in [0.1, 0.15) is 19.3 Å². The summed E-state index contributed by atoms with van der Waals surface area (Å²) in [6, 6.07) is 3.62. The number of hydrogen-bond donors (Lipinski definition) is 2. The molecule has 0 bridgehead atoms. The third-order valence-corrected chi connectivity index (χ3v) is 4.13. The summed E-state index contributed by atoms with van der Waals surface area (Å²) in [4.78, 5) is 22.3. The molecule has 1 amide bonds. The summed E-state index contributed by atoms with van der Waals surface area (Å²) in [7, 11) is 0. The van der Waals surface area contributed by atoms with Gasteiger partial charge in [-0.2, -0.15) is 5.10 Å². The van der Waals surface area contributed by atoms with E-state index in [1.54, 1.807) is 29.3 Å². The van der Waals surface area contributed by atoms with E-state index in [4.69, 9.17) is 0 Å². The zero-order chi connectivity index (χ0) is 16.8. The number of aryl methyl sites for hydroxylation is 1. The zero-order valence-electron chi connectivity index (χ0n) is 13.5. The molecular weight excluding hydrogens is 308 g/mol. The third kappa shape index (κ3) is 4.29. The SMILES string of the molecule is O=C(CCCn1cccn1)NC[C@]1(O)CCN(c2ncccn2)C1. The molecule has 2 aromatic heterocycles. The van der Waals surface area contributed by atoms with Crippen LogP contribution >= 0.6 is 0 Å². The summed E-state index contributed by atoms with van der Waals surface area (Å²) in [5.41, 5.74) is -0.934. The number of hydrogen-bond acceptors (Lipinski definition) is 6. The maximum absolute atomic E-state index is 11.9. The Morgan fingerprint density at radius 2 is 2.12 bits per heavy atom. The van der Waals surface area contributed by atoms with E-state index in [0.29, 0.717) is 38.4 Å². The van der Waals surface area contributed by atoms with Crippen LogP contribution in [0.25, 0.3) is 0 Å². The van der Waals surface area contributed by atoms with E-state index in [-0.39, 0.29) is 12.5 Å². The van der Waals surface area contributed by atoms with E-state index in [2.05, 4.69) is 20.4 Å².